The monoisotopic (exact) mass is 454 g/mol. The number of aromatic hydroxyl groups is 1. The molecule has 0 saturated heterocycles. The number of anilines is 2. The van der Waals surface area contributed by atoms with Crippen molar-refractivity contribution < 1.29 is 19.0 Å². The Balaban J connectivity index is 1.55. The molecule has 0 aliphatic heterocycles. The minimum Gasteiger partial charge on any atom is -0.506 e. The van der Waals surface area contributed by atoms with Crippen LogP contribution in [0.15, 0.2) is 55.1 Å². The summed E-state index contributed by atoms with van der Waals surface area (Å²) in [7, 11) is 1.54. The second-order valence-corrected chi connectivity index (χ2v) is 7.37. The van der Waals surface area contributed by atoms with Crippen LogP contribution < -0.4 is 14.8 Å². The topological polar surface area (TPSA) is 89.4 Å². The molecule has 2 aromatic heterocycles. The Hall–Kier alpha value is -3.65. The third kappa shape index (κ3) is 4.81. The summed E-state index contributed by atoms with van der Waals surface area (Å²) in [6.07, 6.45) is 6.59. The van der Waals surface area contributed by atoms with E-state index in [0.717, 1.165) is 18.9 Å². The summed E-state index contributed by atoms with van der Waals surface area (Å²) >= 11 is 5.75. The molecular formula is C23H20ClFN4O3. The first kappa shape index (κ1) is 21.6. The lowest BCUT2D eigenvalue weighted by atomic mass is 10.1. The Bertz CT molecular complexity index is 1240. The Morgan fingerprint density at radius 1 is 1.09 bits per heavy atom. The van der Waals surface area contributed by atoms with Crippen LogP contribution in [0.2, 0.25) is 5.02 Å². The smallest absolute Gasteiger partial charge is 0.163 e. The van der Waals surface area contributed by atoms with Gasteiger partial charge in [-0.1, -0.05) is 11.6 Å². The van der Waals surface area contributed by atoms with Crippen LogP contribution in [0.3, 0.4) is 0 Å². The van der Waals surface area contributed by atoms with Crippen molar-refractivity contribution in [2.45, 2.75) is 12.8 Å². The molecule has 0 bridgehead atoms. The van der Waals surface area contributed by atoms with Crippen LogP contribution in [0.25, 0.3) is 10.9 Å². The molecule has 0 atom stereocenters. The minimum atomic E-state index is -0.624. The number of ether oxygens (including phenoxy) is 2. The number of hydrogen-bond acceptors (Lipinski definition) is 7. The molecule has 7 nitrogen and oxygen atoms in total. The van der Waals surface area contributed by atoms with E-state index in [0.29, 0.717) is 34.8 Å². The van der Waals surface area contributed by atoms with Crippen molar-refractivity contribution >= 4 is 34.0 Å². The molecule has 0 aliphatic rings. The van der Waals surface area contributed by atoms with Gasteiger partial charge in [-0.2, -0.15) is 0 Å². The summed E-state index contributed by atoms with van der Waals surface area (Å²) in [5.41, 5.74) is 1.81. The third-order valence-electron chi connectivity index (χ3n) is 4.83. The summed E-state index contributed by atoms with van der Waals surface area (Å²) < 4.78 is 25.7. The van der Waals surface area contributed by atoms with E-state index in [1.54, 1.807) is 31.6 Å². The normalized spacial score (nSPS) is 10.8. The third-order valence-corrected chi connectivity index (χ3v) is 5.13. The largest absolute Gasteiger partial charge is 0.506 e. The van der Waals surface area contributed by atoms with Gasteiger partial charge in [-0.05, 0) is 42.7 Å². The fourth-order valence-electron chi connectivity index (χ4n) is 3.20. The molecule has 0 spiro atoms. The molecule has 164 valence electrons. The zero-order valence-electron chi connectivity index (χ0n) is 17.2. The van der Waals surface area contributed by atoms with Gasteiger partial charge in [0, 0.05) is 29.9 Å². The van der Waals surface area contributed by atoms with Gasteiger partial charge in [0.25, 0.3) is 0 Å². The molecule has 2 aromatic carbocycles. The van der Waals surface area contributed by atoms with Gasteiger partial charge in [0.1, 0.15) is 23.7 Å². The van der Waals surface area contributed by atoms with E-state index in [9.17, 15) is 9.50 Å². The average Bonchev–Trinajstić information content (AvgIpc) is 2.80. The zero-order valence-corrected chi connectivity index (χ0v) is 17.9. The molecule has 4 aromatic rings. The summed E-state index contributed by atoms with van der Waals surface area (Å²) in [5.74, 6) is 0.529. The lowest BCUT2D eigenvalue weighted by Crippen LogP contribution is -2.03. The molecule has 0 radical (unpaired) electrons. The van der Waals surface area contributed by atoms with Crippen molar-refractivity contribution in [3.63, 3.8) is 0 Å². The standard InChI is InChI=1S/C23H20ClFN4O3/c1-31-21-9-15-18(12-22(21)32-8-2-3-14-4-6-26-7-5-14)27-13-28-23(15)29-19-11-20(30)16(24)10-17(19)25/h4-7,9-13,30H,2-3,8H2,1H3,(H,27,28,29). The predicted octanol–water partition coefficient (Wildman–Crippen LogP) is 5.29. The molecule has 0 fully saturated rings. The van der Waals surface area contributed by atoms with E-state index in [1.165, 1.54) is 18.0 Å². The first-order chi connectivity index (χ1) is 15.5. The Morgan fingerprint density at radius 2 is 1.91 bits per heavy atom. The van der Waals surface area contributed by atoms with Crippen molar-refractivity contribution in [2.24, 2.45) is 0 Å². The van der Waals surface area contributed by atoms with E-state index in [-0.39, 0.29) is 16.5 Å². The SMILES string of the molecule is COc1cc2c(Nc3cc(O)c(Cl)cc3F)ncnc2cc1OCCCc1ccncc1. The number of nitrogens with one attached hydrogen (secondary N) is 1. The number of aryl methyl sites for hydroxylation is 1. The minimum absolute atomic E-state index is 0.0299. The number of phenols is 1. The van der Waals surface area contributed by atoms with E-state index < -0.39 is 5.82 Å². The maximum absolute atomic E-state index is 14.3. The Morgan fingerprint density at radius 3 is 2.69 bits per heavy atom. The fraction of sp³-hybridized carbons (Fsp3) is 0.174. The molecule has 4 rings (SSSR count). The van der Waals surface area contributed by atoms with Crippen LogP contribution in [0.1, 0.15) is 12.0 Å². The maximum Gasteiger partial charge on any atom is 0.163 e. The predicted molar refractivity (Wildman–Crippen MR) is 121 cm³/mol. The van der Waals surface area contributed by atoms with Crippen molar-refractivity contribution in [1.29, 1.82) is 0 Å². The molecule has 2 heterocycles. The number of benzene rings is 2. The van der Waals surface area contributed by atoms with Crippen LogP contribution in [0, 0.1) is 5.82 Å². The van der Waals surface area contributed by atoms with Crippen molar-refractivity contribution in [3.05, 3.63) is 71.5 Å². The van der Waals surface area contributed by atoms with Gasteiger partial charge < -0.3 is 19.9 Å². The fourth-order valence-corrected chi connectivity index (χ4v) is 3.36. The average molecular weight is 455 g/mol. The molecule has 32 heavy (non-hydrogen) atoms. The number of fused-ring (bicyclic) bond motifs is 1. The van der Waals surface area contributed by atoms with Gasteiger partial charge in [0.15, 0.2) is 11.5 Å². The van der Waals surface area contributed by atoms with Gasteiger partial charge >= 0.3 is 0 Å². The molecule has 0 unspecified atom stereocenters. The number of methoxy groups -OCH3 is 1. The zero-order chi connectivity index (χ0) is 22.5. The number of phenolic OH excluding ortho intramolecular Hbond substituents is 1. The Kier molecular flexibility index (Phi) is 6.51. The van der Waals surface area contributed by atoms with Crippen LogP contribution >= 0.6 is 11.6 Å². The molecule has 2 N–H and O–H groups in total. The highest BCUT2D eigenvalue weighted by atomic mass is 35.5. The first-order valence-corrected chi connectivity index (χ1v) is 10.2. The van der Waals surface area contributed by atoms with Crippen molar-refractivity contribution in [2.75, 3.05) is 19.0 Å². The quantitative estimate of drug-likeness (QED) is 0.350. The Labute approximate surface area is 188 Å². The lowest BCUT2D eigenvalue weighted by molar-refractivity contribution is 0.290. The second kappa shape index (κ2) is 9.65. The highest BCUT2D eigenvalue weighted by Crippen LogP contribution is 2.36. The number of nitrogens with zero attached hydrogens (tertiary/aromatic N) is 3. The highest BCUT2D eigenvalue weighted by molar-refractivity contribution is 6.32. The van der Waals surface area contributed by atoms with E-state index in [1.807, 2.05) is 12.1 Å². The number of pyridine rings is 1. The van der Waals surface area contributed by atoms with Gasteiger partial charge in [-0.15, -0.1) is 0 Å². The van der Waals surface area contributed by atoms with Gasteiger partial charge in [-0.25, -0.2) is 14.4 Å². The summed E-state index contributed by atoms with van der Waals surface area (Å²) in [5, 5.41) is 13.2. The number of aromatic nitrogens is 3. The first-order valence-electron chi connectivity index (χ1n) is 9.84. The highest BCUT2D eigenvalue weighted by Gasteiger charge is 2.14. The van der Waals surface area contributed by atoms with Crippen LogP contribution in [-0.4, -0.2) is 33.8 Å². The maximum atomic E-state index is 14.3. The number of hydrogen-bond donors (Lipinski definition) is 2. The lowest BCUT2D eigenvalue weighted by Gasteiger charge is -2.14. The molecule has 0 aliphatic carbocycles. The molecular weight excluding hydrogens is 435 g/mol. The number of rotatable bonds is 8. The van der Waals surface area contributed by atoms with Crippen LogP contribution in [0.4, 0.5) is 15.9 Å². The van der Waals surface area contributed by atoms with Crippen LogP contribution in [-0.2, 0) is 6.42 Å². The molecule has 0 amide bonds. The van der Waals surface area contributed by atoms with Gasteiger partial charge in [-0.3, -0.25) is 4.98 Å². The van der Waals surface area contributed by atoms with Crippen molar-refractivity contribution in [1.82, 2.24) is 15.0 Å². The van der Waals surface area contributed by atoms with Crippen LogP contribution in [0.5, 0.6) is 17.2 Å². The summed E-state index contributed by atoms with van der Waals surface area (Å²) in [6, 6.07) is 9.66. The van der Waals surface area contributed by atoms with E-state index >= 15 is 0 Å². The van der Waals surface area contributed by atoms with Gasteiger partial charge in [0.2, 0.25) is 0 Å². The summed E-state index contributed by atoms with van der Waals surface area (Å²) in [4.78, 5) is 12.5. The molecule has 0 saturated carbocycles. The van der Waals surface area contributed by atoms with Gasteiger partial charge in [0.05, 0.1) is 29.9 Å². The number of halogens is 2. The van der Waals surface area contributed by atoms with Crippen molar-refractivity contribution in [3.8, 4) is 17.2 Å². The summed E-state index contributed by atoms with van der Waals surface area (Å²) in [6.45, 7) is 0.496. The second-order valence-electron chi connectivity index (χ2n) is 6.96. The van der Waals surface area contributed by atoms with E-state index in [4.69, 9.17) is 21.1 Å². The molecule has 9 heteroatoms. The van der Waals surface area contributed by atoms with E-state index in [2.05, 4.69) is 20.3 Å².